The molecule has 1 amide bonds. The van der Waals surface area contributed by atoms with Crippen molar-refractivity contribution in [3.8, 4) is 0 Å². The molecule has 8 heteroatoms. The molecular weight excluding hydrogens is 367 g/mol. The Hall–Kier alpha value is -1.83. The Morgan fingerprint density at radius 3 is 2.54 bits per heavy atom. The lowest BCUT2D eigenvalue weighted by Crippen LogP contribution is -2.31. The quantitative estimate of drug-likeness (QED) is 0.804. The molecule has 26 heavy (non-hydrogen) atoms. The first kappa shape index (κ1) is 20.5. The number of alkyl halides is 3. The summed E-state index contributed by atoms with van der Waals surface area (Å²) < 4.78 is 61.7. The van der Waals surface area contributed by atoms with Gasteiger partial charge >= 0.3 is 6.18 Å². The minimum absolute atomic E-state index is 0.0106. The molecule has 0 saturated carbocycles. The van der Waals surface area contributed by atoms with Crippen molar-refractivity contribution in [3.63, 3.8) is 0 Å². The molecule has 1 aromatic carbocycles. The van der Waals surface area contributed by atoms with Gasteiger partial charge in [-0.2, -0.15) is 13.2 Å². The van der Waals surface area contributed by atoms with E-state index in [-0.39, 0.29) is 24.0 Å². The molecule has 0 fully saturated rings. The van der Waals surface area contributed by atoms with Gasteiger partial charge in [-0.15, -0.1) is 0 Å². The fourth-order valence-corrected chi connectivity index (χ4v) is 4.34. The van der Waals surface area contributed by atoms with Crippen LogP contribution in [0.2, 0.25) is 0 Å². The Kier molecular flexibility index (Phi) is 6.16. The van der Waals surface area contributed by atoms with Crippen LogP contribution in [0, 0.1) is 11.8 Å². The number of sulfone groups is 1. The van der Waals surface area contributed by atoms with Crippen LogP contribution >= 0.6 is 0 Å². The average Bonchev–Trinajstić information content (AvgIpc) is 2.84. The third kappa shape index (κ3) is 5.86. The standard InChI is InChI=1S/C18H22F3NO3S/c1-12(2)8-16(14-4-3-5-15(10-14)18(19,20)21)22-17(23)9-13-6-7-26(24,25)11-13/h3-7,10,12-13,16H,8-9,11H2,1-2H3,(H,22,23)/t13-,16+/m0/s1. The van der Waals surface area contributed by atoms with Crippen molar-refractivity contribution in [3.05, 3.63) is 46.9 Å². The molecule has 0 radical (unpaired) electrons. The monoisotopic (exact) mass is 389 g/mol. The van der Waals surface area contributed by atoms with Crippen LogP contribution in [0.3, 0.4) is 0 Å². The number of nitrogens with one attached hydrogen (secondary N) is 1. The van der Waals surface area contributed by atoms with E-state index in [1.807, 2.05) is 13.8 Å². The second kappa shape index (κ2) is 7.82. The minimum Gasteiger partial charge on any atom is -0.349 e. The van der Waals surface area contributed by atoms with E-state index in [4.69, 9.17) is 0 Å². The van der Waals surface area contributed by atoms with E-state index in [9.17, 15) is 26.4 Å². The highest BCUT2D eigenvalue weighted by Crippen LogP contribution is 2.32. The zero-order chi connectivity index (χ0) is 19.5. The van der Waals surface area contributed by atoms with E-state index in [2.05, 4.69) is 5.32 Å². The predicted molar refractivity (Wildman–Crippen MR) is 92.8 cm³/mol. The summed E-state index contributed by atoms with van der Waals surface area (Å²) in [5.41, 5.74) is -0.376. The number of carbonyl (C=O) groups is 1. The van der Waals surface area contributed by atoms with Gasteiger partial charge in [0.15, 0.2) is 9.84 Å². The Morgan fingerprint density at radius 2 is 2.00 bits per heavy atom. The minimum atomic E-state index is -4.45. The van der Waals surface area contributed by atoms with E-state index < -0.39 is 33.5 Å². The van der Waals surface area contributed by atoms with Gasteiger partial charge in [0.1, 0.15) is 0 Å². The molecule has 0 unspecified atom stereocenters. The highest BCUT2D eigenvalue weighted by molar-refractivity contribution is 7.94. The summed E-state index contributed by atoms with van der Waals surface area (Å²) in [5.74, 6) is -0.735. The zero-order valence-corrected chi connectivity index (χ0v) is 15.4. The lowest BCUT2D eigenvalue weighted by molar-refractivity contribution is -0.137. The van der Waals surface area contributed by atoms with Crippen LogP contribution in [0.25, 0.3) is 0 Å². The van der Waals surface area contributed by atoms with Gasteiger partial charge in [-0.3, -0.25) is 4.79 Å². The Bertz CT molecular complexity index is 785. The maximum Gasteiger partial charge on any atom is 0.416 e. The molecule has 2 rings (SSSR count). The second-order valence-electron chi connectivity index (χ2n) is 7.00. The lowest BCUT2D eigenvalue weighted by atomic mass is 9.95. The number of hydrogen-bond donors (Lipinski definition) is 1. The van der Waals surface area contributed by atoms with Crippen molar-refractivity contribution in [1.29, 1.82) is 0 Å². The second-order valence-corrected chi connectivity index (χ2v) is 8.93. The molecule has 0 aromatic heterocycles. The van der Waals surface area contributed by atoms with Crippen LogP contribution < -0.4 is 5.32 Å². The summed E-state index contributed by atoms with van der Waals surface area (Å²) in [6, 6.07) is 4.36. The Morgan fingerprint density at radius 1 is 1.31 bits per heavy atom. The van der Waals surface area contributed by atoms with Crippen LogP contribution in [-0.2, 0) is 20.8 Å². The van der Waals surface area contributed by atoms with Crippen molar-refractivity contribution in [1.82, 2.24) is 5.32 Å². The Balaban J connectivity index is 2.12. The molecular formula is C18H22F3NO3S. The lowest BCUT2D eigenvalue weighted by Gasteiger charge is -2.22. The molecule has 0 bridgehead atoms. The van der Waals surface area contributed by atoms with E-state index in [0.717, 1.165) is 17.5 Å². The number of halogens is 3. The molecule has 1 heterocycles. The van der Waals surface area contributed by atoms with E-state index in [1.165, 1.54) is 12.1 Å². The fourth-order valence-electron chi connectivity index (χ4n) is 2.94. The summed E-state index contributed by atoms with van der Waals surface area (Å²) in [5, 5.41) is 3.86. The first-order valence-corrected chi connectivity index (χ1v) is 10.1. The molecule has 144 valence electrons. The number of carbonyl (C=O) groups excluding carboxylic acids is 1. The van der Waals surface area contributed by atoms with Gasteiger partial charge < -0.3 is 5.32 Å². The molecule has 0 saturated heterocycles. The number of amides is 1. The first-order chi connectivity index (χ1) is 12.0. The van der Waals surface area contributed by atoms with Gasteiger partial charge in [-0.25, -0.2) is 8.42 Å². The van der Waals surface area contributed by atoms with Crippen molar-refractivity contribution in [2.24, 2.45) is 11.8 Å². The van der Waals surface area contributed by atoms with Gasteiger partial charge in [0.25, 0.3) is 0 Å². The average molecular weight is 389 g/mol. The summed E-state index contributed by atoms with van der Waals surface area (Å²) in [7, 11) is -3.25. The predicted octanol–water partition coefficient (Wildman–Crippen LogP) is 3.86. The van der Waals surface area contributed by atoms with E-state index in [1.54, 1.807) is 6.07 Å². The molecule has 1 aliphatic heterocycles. The molecule has 2 atom stereocenters. The van der Waals surface area contributed by atoms with E-state index in [0.29, 0.717) is 12.0 Å². The van der Waals surface area contributed by atoms with Gasteiger partial charge in [-0.05, 0) is 30.0 Å². The molecule has 1 N–H and O–H groups in total. The summed E-state index contributed by atoms with van der Waals surface area (Å²) in [4.78, 5) is 12.3. The fraction of sp³-hybridized carbons (Fsp3) is 0.500. The SMILES string of the molecule is CC(C)C[C@@H](NC(=O)C[C@@H]1C=CS(=O)(=O)C1)c1cccc(C(F)(F)F)c1. The number of benzene rings is 1. The van der Waals surface area contributed by atoms with Crippen LogP contribution in [0.4, 0.5) is 13.2 Å². The maximum absolute atomic E-state index is 12.9. The molecule has 0 aliphatic carbocycles. The number of allylic oxidation sites excluding steroid dienone is 1. The third-order valence-corrected chi connectivity index (χ3v) is 5.58. The number of hydrogen-bond acceptors (Lipinski definition) is 3. The largest absolute Gasteiger partial charge is 0.416 e. The topological polar surface area (TPSA) is 63.2 Å². The van der Waals surface area contributed by atoms with Crippen molar-refractivity contribution >= 4 is 15.7 Å². The van der Waals surface area contributed by atoms with Crippen LogP contribution in [0.5, 0.6) is 0 Å². The highest BCUT2D eigenvalue weighted by atomic mass is 32.2. The normalized spacial score (nSPS) is 20.3. The van der Waals surface area contributed by atoms with Crippen molar-refractivity contribution < 1.29 is 26.4 Å². The number of rotatable bonds is 6. The van der Waals surface area contributed by atoms with Crippen LogP contribution in [-0.4, -0.2) is 20.1 Å². The molecule has 4 nitrogen and oxygen atoms in total. The summed E-state index contributed by atoms with van der Waals surface area (Å²) >= 11 is 0. The molecule has 0 spiro atoms. The third-order valence-electron chi connectivity index (χ3n) is 4.11. The smallest absolute Gasteiger partial charge is 0.349 e. The zero-order valence-electron chi connectivity index (χ0n) is 14.6. The Labute approximate surface area is 151 Å². The van der Waals surface area contributed by atoms with Gasteiger partial charge in [0, 0.05) is 17.7 Å². The van der Waals surface area contributed by atoms with Crippen LogP contribution in [0.15, 0.2) is 35.7 Å². The van der Waals surface area contributed by atoms with Crippen molar-refractivity contribution in [2.45, 2.75) is 38.9 Å². The molecule has 1 aliphatic rings. The molecule has 1 aromatic rings. The van der Waals surface area contributed by atoms with Crippen molar-refractivity contribution in [2.75, 3.05) is 5.75 Å². The maximum atomic E-state index is 12.9. The van der Waals surface area contributed by atoms with Gasteiger partial charge in [0.05, 0.1) is 17.4 Å². The van der Waals surface area contributed by atoms with Crippen LogP contribution in [0.1, 0.15) is 43.9 Å². The van der Waals surface area contributed by atoms with Gasteiger partial charge in [-0.1, -0.05) is 32.1 Å². The van der Waals surface area contributed by atoms with Gasteiger partial charge in [0.2, 0.25) is 5.91 Å². The first-order valence-electron chi connectivity index (χ1n) is 8.34. The summed E-state index contributed by atoms with van der Waals surface area (Å²) in [6.07, 6.45) is -2.50. The van der Waals surface area contributed by atoms with E-state index >= 15 is 0 Å². The highest BCUT2D eigenvalue weighted by Gasteiger charge is 2.31. The summed E-state index contributed by atoms with van der Waals surface area (Å²) in [6.45, 7) is 3.83.